The van der Waals surface area contributed by atoms with Crippen LogP contribution < -0.4 is 16.4 Å². The van der Waals surface area contributed by atoms with Crippen LogP contribution in [0.4, 0.5) is 10.7 Å². The number of aliphatic hydroxyl groups excluding tert-OH is 1. The van der Waals surface area contributed by atoms with E-state index in [2.05, 4.69) is 24.5 Å². The predicted molar refractivity (Wildman–Crippen MR) is 232 cm³/mol. The van der Waals surface area contributed by atoms with Gasteiger partial charge in [0.2, 0.25) is 5.91 Å². The van der Waals surface area contributed by atoms with Crippen molar-refractivity contribution in [3.63, 3.8) is 0 Å². The van der Waals surface area contributed by atoms with Crippen molar-refractivity contribution in [1.82, 2.24) is 0 Å². The van der Waals surface area contributed by atoms with E-state index < -0.39 is 5.91 Å². The topological polar surface area (TPSA) is 177 Å². The van der Waals surface area contributed by atoms with E-state index >= 15 is 0 Å². The molecule has 5 rings (SSSR count). The maximum atomic E-state index is 14.0. The van der Waals surface area contributed by atoms with Gasteiger partial charge in [0.15, 0.2) is 0 Å². The van der Waals surface area contributed by atoms with Gasteiger partial charge in [0.1, 0.15) is 5.00 Å². The molecule has 0 spiro atoms. The molecule has 0 aliphatic heterocycles. The highest BCUT2D eigenvalue weighted by atomic mass is 32.1. The quantitative estimate of drug-likeness (QED) is 0.0503. The maximum Gasteiger partial charge on any atom is 0.258 e. The molecular weight excluding hydrogens is 787 g/mol. The minimum Gasteiger partial charge on any atom is -0.394 e. The Morgan fingerprint density at radius 1 is 0.667 bits per heavy atom. The highest BCUT2D eigenvalue weighted by molar-refractivity contribution is 7.17. The lowest BCUT2D eigenvalue weighted by atomic mass is 9.77. The van der Waals surface area contributed by atoms with Crippen molar-refractivity contribution in [3.05, 3.63) is 117 Å². The summed E-state index contributed by atoms with van der Waals surface area (Å²) in [6.45, 7) is 9.56. The first-order valence-corrected chi connectivity index (χ1v) is 21.3. The predicted octanol–water partition coefficient (Wildman–Crippen LogP) is 6.24. The van der Waals surface area contributed by atoms with E-state index in [9.17, 15) is 14.4 Å². The molecule has 14 heteroatoms. The standard InChI is InChI=1S/C46H59N3O10S/c1-46(2)17-16-39-40(31-46)60-45(41(39)44(53)48-38-14-10-34(11-15-38)7-6-33-8-12-36(13-9-33)42(47)51)49-43(52)37-5-3-4-35(30-37)32-59-29-28-58-27-26-57-25-24-56-23-22-55-21-20-54-19-18-50/h3-5,8-15,30,50H,6-7,16-29,31-32H2,1-2H3,(H2,47,51)(H,48,53)(H,49,52). The molecule has 1 aromatic heterocycles. The molecule has 0 saturated heterocycles. The van der Waals surface area contributed by atoms with Crippen LogP contribution in [-0.4, -0.2) is 102 Å². The second kappa shape index (κ2) is 24.7. The summed E-state index contributed by atoms with van der Waals surface area (Å²) < 4.78 is 32.9. The first-order valence-electron chi connectivity index (χ1n) is 20.5. The van der Waals surface area contributed by atoms with E-state index in [-0.39, 0.29) is 23.8 Å². The molecule has 1 aliphatic rings. The van der Waals surface area contributed by atoms with E-state index in [1.54, 1.807) is 24.3 Å². The Labute approximate surface area is 356 Å². The number of nitrogens with two attached hydrogens (primary N) is 1. The molecule has 0 bridgehead atoms. The van der Waals surface area contributed by atoms with Gasteiger partial charge in [0.25, 0.3) is 11.8 Å². The zero-order valence-corrected chi connectivity index (χ0v) is 35.6. The first kappa shape index (κ1) is 46.6. The Kier molecular flexibility index (Phi) is 19.1. The van der Waals surface area contributed by atoms with Gasteiger partial charge >= 0.3 is 0 Å². The molecule has 1 aliphatic carbocycles. The van der Waals surface area contributed by atoms with E-state index in [0.29, 0.717) is 107 Å². The largest absolute Gasteiger partial charge is 0.394 e. The number of thiophene rings is 1. The van der Waals surface area contributed by atoms with Crippen molar-refractivity contribution in [2.75, 3.05) is 89.9 Å². The number of aryl methyl sites for hydroxylation is 2. The number of hydrogen-bond donors (Lipinski definition) is 4. The molecule has 0 saturated carbocycles. The van der Waals surface area contributed by atoms with Crippen molar-refractivity contribution in [2.45, 2.75) is 52.6 Å². The van der Waals surface area contributed by atoms with Gasteiger partial charge in [0, 0.05) is 21.7 Å². The van der Waals surface area contributed by atoms with Crippen LogP contribution in [0.15, 0.2) is 72.8 Å². The van der Waals surface area contributed by atoms with Crippen LogP contribution in [0.5, 0.6) is 0 Å². The third-order valence-corrected chi connectivity index (χ3v) is 11.1. The van der Waals surface area contributed by atoms with Crippen LogP contribution in [0, 0.1) is 5.41 Å². The highest BCUT2D eigenvalue weighted by Crippen LogP contribution is 2.44. The third-order valence-electron chi connectivity index (χ3n) is 9.94. The summed E-state index contributed by atoms with van der Waals surface area (Å²) in [6, 6.07) is 22.4. The monoisotopic (exact) mass is 845 g/mol. The van der Waals surface area contributed by atoms with Crippen molar-refractivity contribution in [2.24, 2.45) is 11.1 Å². The van der Waals surface area contributed by atoms with Gasteiger partial charge in [0.05, 0.1) is 91.5 Å². The van der Waals surface area contributed by atoms with Gasteiger partial charge in [-0.3, -0.25) is 14.4 Å². The number of carbonyl (C=O) groups excluding carboxylic acids is 3. The SMILES string of the molecule is CC1(C)CCc2c(sc(NC(=O)c3cccc(COCCOCCOCCOCCOCCOCCO)c3)c2C(=O)Nc2ccc(CCc3ccc(C(N)=O)cc3)cc2)C1. The smallest absolute Gasteiger partial charge is 0.258 e. The molecular formula is C46H59N3O10S. The third kappa shape index (κ3) is 15.5. The molecule has 4 aromatic rings. The highest BCUT2D eigenvalue weighted by Gasteiger charge is 2.33. The number of ether oxygens (including phenoxy) is 6. The Bertz CT molecular complexity index is 1950. The van der Waals surface area contributed by atoms with Gasteiger partial charge in [-0.05, 0) is 96.2 Å². The van der Waals surface area contributed by atoms with E-state index in [1.165, 1.54) is 11.3 Å². The number of fused-ring (bicyclic) bond motifs is 1. The molecule has 3 amide bonds. The lowest BCUT2D eigenvalue weighted by Gasteiger charge is -2.29. The summed E-state index contributed by atoms with van der Waals surface area (Å²) in [5.41, 5.74) is 11.7. The number of anilines is 2. The van der Waals surface area contributed by atoms with Crippen LogP contribution in [0.1, 0.15) is 78.5 Å². The molecule has 0 radical (unpaired) electrons. The summed E-state index contributed by atoms with van der Waals surface area (Å²) in [6.07, 6.45) is 4.15. The van der Waals surface area contributed by atoms with Crippen molar-refractivity contribution in [1.29, 1.82) is 0 Å². The zero-order chi connectivity index (χ0) is 42.6. The van der Waals surface area contributed by atoms with E-state index in [4.69, 9.17) is 39.3 Å². The Balaban J connectivity index is 1.05. The number of primary amides is 1. The van der Waals surface area contributed by atoms with Crippen LogP contribution in [0.2, 0.25) is 0 Å². The Hall–Kier alpha value is -4.51. The number of nitrogens with one attached hydrogen (secondary N) is 2. The number of hydrogen-bond acceptors (Lipinski definition) is 11. The summed E-state index contributed by atoms with van der Waals surface area (Å²) in [5, 5.41) is 15.4. The number of amides is 3. The molecule has 0 fully saturated rings. The van der Waals surface area contributed by atoms with Crippen LogP contribution in [0.25, 0.3) is 0 Å². The number of benzene rings is 3. The van der Waals surface area contributed by atoms with E-state index in [1.807, 2.05) is 48.5 Å². The fourth-order valence-corrected chi connectivity index (χ4v) is 8.14. The first-order chi connectivity index (χ1) is 29.1. The second-order valence-electron chi connectivity index (χ2n) is 15.3. The average Bonchev–Trinajstić information content (AvgIpc) is 3.59. The van der Waals surface area contributed by atoms with Crippen LogP contribution >= 0.6 is 11.3 Å². The van der Waals surface area contributed by atoms with Crippen molar-refractivity contribution in [3.8, 4) is 0 Å². The maximum absolute atomic E-state index is 14.0. The zero-order valence-electron chi connectivity index (χ0n) is 34.8. The normalized spacial score (nSPS) is 13.2. The molecule has 0 atom stereocenters. The minimum atomic E-state index is -0.442. The summed E-state index contributed by atoms with van der Waals surface area (Å²) in [4.78, 5) is 40.2. The summed E-state index contributed by atoms with van der Waals surface area (Å²) in [5.74, 6) is -0.979. The van der Waals surface area contributed by atoms with Gasteiger partial charge < -0.3 is 49.9 Å². The van der Waals surface area contributed by atoms with Crippen molar-refractivity contribution < 1.29 is 47.9 Å². The fourth-order valence-electron chi connectivity index (χ4n) is 6.64. The molecule has 13 nitrogen and oxygen atoms in total. The van der Waals surface area contributed by atoms with Crippen LogP contribution in [-0.2, 0) is 60.7 Å². The lowest BCUT2D eigenvalue weighted by Crippen LogP contribution is -2.23. The summed E-state index contributed by atoms with van der Waals surface area (Å²) in [7, 11) is 0. The molecule has 0 unspecified atom stereocenters. The average molecular weight is 846 g/mol. The number of carbonyl (C=O) groups is 3. The summed E-state index contributed by atoms with van der Waals surface area (Å²) >= 11 is 1.49. The Morgan fingerprint density at radius 3 is 1.78 bits per heavy atom. The molecule has 324 valence electrons. The van der Waals surface area contributed by atoms with Crippen molar-refractivity contribution >= 4 is 39.7 Å². The van der Waals surface area contributed by atoms with Gasteiger partial charge in [-0.25, -0.2) is 0 Å². The lowest BCUT2D eigenvalue weighted by molar-refractivity contribution is -0.0190. The van der Waals surface area contributed by atoms with Gasteiger partial charge in [-0.2, -0.15) is 0 Å². The number of rotatable bonds is 27. The van der Waals surface area contributed by atoms with Gasteiger partial charge in [-0.1, -0.05) is 50.2 Å². The molecule has 3 aromatic carbocycles. The van der Waals surface area contributed by atoms with E-state index in [0.717, 1.165) is 59.2 Å². The molecule has 5 N–H and O–H groups in total. The fraction of sp³-hybridized carbons (Fsp3) is 0.457. The molecule has 60 heavy (non-hydrogen) atoms. The molecule has 1 heterocycles. The second-order valence-corrected chi connectivity index (χ2v) is 16.4. The van der Waals surface area contributed by atoms with Crippen LogP contribution in [0.3, 0.4) is 0 Å². The Morgan fingerprint density at radius 2 is 1.22 bits per heavy atom. The number of aliphatic hydroxyl groups is 1. The minimum absolute atomic E-state index is 0.00680. The van der Waals surface area contributed by atoms with Gasteiger partial charge in [-0.15, -0.1) is 11.3 Å².